The van der Waals surface area contributed by atoms with Gasteiger partial charge in [0.15, 0.2) is 23.3 Å². The molecule has 0 radical (unpaired) electrons. The van der Waals surface area contributed by atoms with Crippen molar-refractivity contribution < 1.29 is 8.78 Å². The highest BCUT2D eigenvalue weighted by molar-refractivity contribution is 5.44. The molecule has 0 aliphatic heterocycles. The van der Waals surface area contributed by atoms with Crippen LogP contribution in [0.1, 0.15) is 17.8 Å². The summed E-state index contributed by atoms with van der Waals surface area (Å²) in [6.07, 6.45) is 0.736. The second kappa shape index (κ2) is 5.85. The quantitative estimate of drug-likeness (QED) is 0.825. The van der Waals surface area contributed by atoms with E-state index in [2.05, 4.69) is 15.4 Å². The van der Waals surface area contributed by atoms with Crippen molar-refractivity contribution in [1.29, 1.82) is 0 Å². The van der Waals surface area contributed by atoms with Gasteiger partial charge in [-0.15, -0.1) is 0 Å². The summed E-state index contributed by atoms with van der Waals surface area (Å²) < 4.78 is 28.2. The Balaban J connectivity index is 1.87. The van der Waals surface area contributed by atoms with E-state index in [-0.39, 0.29) is 11.6 Å². The van der Waals surface area contributed by atoms with Crippen LogP contribution in [0.2, 0.25) is 0 Å². The van der Waals surface area contributed by atoms with Gasteiger partial charge in [0.25, 0.3) is 0 Å². The van der Waals surface area contributed by atoms with Gasteiger partial charge in [0, 0.05) is 24.8 Å². The van der Waals surface area contributed by atoms with Gasteiger partial charge in [0.05, 0.1) is 5.69 Å². The van der Waals surface area contributed by atoms with Gasteiger partial charge >= 0.3 is 0 Å². The minimum Gasteiger partial charge on any atom is -0.381 e. The van der Waals surface area contributed by atoms with Crippen LogP contribution in [-0.2, 0) is 6.54 Å². The first-order valence-corrected chi connectivity index (χ1v) is 6.34. The summed E-state index contributed by atoms with van der Waals surface area (Å²) >= 11 is 0. The molecule has 2 aromatic heterocycles. The smallest absolute Gasteiger partial charge is 0.168 e. The molecule has 2 heterocycles. The maximum Gasteiger partial charge on any atom is 0.168 e. The summed E-state index contributed by atoms with van der Waals surface area (Å²) in [6.45, 7) is 5.12. The maximum absolute atomic E-state index is 13.4. The first-order chi connectivity index (χ1) is 9.47. The number of hydrogen-bond acceptors (Lipinski definition) is 4. The molecule has 0 aliphatic rings. The van der Waals surface area contributed by atoms with Crippen molar-refractivity contribution in [2.45, 2.75) is 26.8 Å². The third kappa shape index (κ3) is 3.23. The van der Waals surface area contributed by atoms with Crippen LogP contribution in [0.15, 0.2) is 12.1 Å². The van der Waals surface area contributed by atoms with Crippen LogP contribution in [0.3, 0.4) is 0 Å². The van der Waals surface area contributed by atoms with E-state index in [1.165, 1.54) is 0 Å². The lowest BCUT2D eigenvalue weighted by molar-refractivity contribution is 0.566. The molecule has 0 saturated carbocycles. The van der Waals surface area contributed by atoms with Gasteiger partial charge in [0.1, 0.15) is 0 Å². The van der Waals surface area contributed by atoms with Gasteiger partial charge < -0.3 is 11.1 Å². The third-order valence-corrected chi connectivity index (χ3v) is 2.90. The summed E-state index contributed by atoms with van der Waals surface area (Å²) in [5.74, 6) is -1.94. The van der Waals surface area contributed by atoms with Gasteiger partial charge in [0.2, 0.25) is 0 Å². The van der Waals surface area contributed by atoms with Crippen molar-refractivity contribution in [1.82, 2.24) is 14.8 Å². The van der Waals surface area contributed by atoms with E-state index in [0.717, 1.165) is 23.9 Å². The Kier molecular flexibility index (Phi) is 4.16. The number of nitrogens with one attached hydrogen (secondary N) is 1. The zero-order valence-corrected chi connectivity index (χ0v) is 11.5. The van der Waals surface area contributed by atoms with E-state index >= 15 is 0 Å². The van der Waals surface area contributed by atoms with Gasteiger partial charge in [-0.1, -0.05) is 0 Å². The zero-order chi connectivity index (χ0) is 14.7. The molecular formula is C13H17F2N5. The highest BCUT2D eigenvalue weighted by atomic mass is 19.1. The van der Waals surface area contributed by atoms with Crippen LogP contribution in [-0.4, -0.2) is 21.3 Å². The standard InChI is InChI=1S/C13H17F2N5/c1-8-6-9(2)20(19-8)5-3-4-17-13-11(15)7-10(14)12(16)18-13/h6-7H,3-5H2,1-2H3,(H3,16,17,18). The molecule has 108 valence electrons. The van der Waals surface area contributed by atoms with E-state index in [1.54, 1.807) is 0 Å². The lowest BCUT2D eigenvalue weighted by Crippen LogP contribution is -2.11. The third-order valence-electron chi connectivity index (χ3n) is 2.90. The highest BCUT2D eigenvalue weighted by Crippen LogP contribution is 2.16. The minimum absolute atomic E-state index is 0.0303. The molecule has 0 amide bonds. The second-order valence-corrected chi connectivity index (χ2v) is 4.62. The first kappa shape index (κ1) is 14.2. The van der Waals surface area contributed by atoms with Crippen LogP contribution >= 0.6 is 0 Å². The predicted octanol–water partition coefficient (Wildman–Crippen LogP) is 2.26. The number of aromatic nitrogens is 3. The van der Waals surface area contributed by atoms with Gasteiger partial charge in [-0.2, -0.15) is 5.10 Å². The molecule has 0 fully saturated rings. The normalized spacial score (nSPS) is 10.8. The molecule has 3 N–H and O–H groups in total. The fraction of sp³-hybridized carbons (Fsp3) is 0.385. The van der Waals surface area contributed by atoms with Crippen molar-refractivity contribution in [3.05, 3.63) is 35.2 Å². The molecule has 7 heteroatoms. The van der Waals surface area contributed by atoms with Gasteiger partial charge in [-0.25, -0.2) is 13.8 Å². The number of aryl methyl sites for hydroxylation is 3. The lowest BCUT2D eigenvalue weighted by atomic mass is 10.3. The molecule has 0 aliphatic carbocycles. The molecule has 0 spiro atoms. The van der Waals surface area contributed by atoms with E-state index in [1.807, 2.05) is 24.6 Å². The number of nitrogens with zero attached hydrogens (tertiary/aromatic N) is 3. The number of nitrogens with two attached hydrogens (primary N) is 1. The molecule has 20 heavy (non-hydrogen) atoms. The monoisotopic (exact) mass is 281 g/mol. The van der Waals surface area contributed by atoms with Gasteiger partial charge in [-0.05, 0) is 26.3 Å². The summed E-state index contributed by atoms with van der Waals surface area (Å²) in [7, 11) is 0. The molecule has 0 aromatic carbocycles. The van der Waals surface area contributed by atoms with Crippen LogP contribution in [0, 0.1) is 25.5 Å². The Bertz CT molecular complexity index is 609. The van der Waals surface area contributed by atoms with E-state index in [4.69, 9.17) is 5.73 Å². The fourth-order valence-corrected chi connectivity index (χ4v) is 1.94. The molecule has 0 bridgehead atoms. The summed E-state index contributed by atoms with van der Waals surface area (Å²) in [4.78, 5) is 3.63. The van der Waals surface area contributed by atoms with Gasteiger partial charge in [-0.3, -0.25) is 4.68 Å². The minimum atomic E-state index is -0.851. The summed E-state index contributed by atoms with van der Waals surface area (Å²) in [6, 6.07) is 2.72. The van der Waals surface area contributed by atoms with Crippen molar-refractivity contribution in [3.63, 3.8) is 0 Å². The van der Waals surface area contributed by atoms with E-state index in [0.29, 0.717) is 13.1 Å². The molecule has 2 rings (SSSR count). The van der Waals surface area contributed by atoms with Crippen molar-refractivity contribution in [2.24, 2.45) is 0 Å². The largest absolute Gasteiger partial charge is 0.381 e. The number of nitrogen functional groups attached to an aromatic ring is 1. The molecule has 0 atom stereocenters. The van der Waals surface area contributed by atoms with Crippen LogP contribution in [0.4, 0.5) is 20.4 Å². The number of pyridine rings is 1. The molecular weight excluding hydrogens is 264 g/mol. The molecule has 0 saturated heterocycles. The van der Waals surface area contributed by atoms with Crippen molar-refractivity contribution in [2.75, 3.05) is 17.6 Å². The van der Waals surface area contributed by atoms with E-state index < -0.39 is 11.6 Å². The second-order valence-electron chi connectivity index (χ2n) is 4.62. The first-order valence-electron chi connectivity index (χ1n) is 6.34. The topological polar surface area (TPSA) is 68.8 Å². The summed E-state index contributed by atoms with van der Waals surface area (Å²) in [5, 5.41) is 7.13. The van der Waals surface area contributed by atoms with Crippen LogP contribution in [0.5, 0.6) is 0 Å². The Morgan fingerprint density at radius 2 is 2.00 bits per heavy atom. The van der Waals surface area contributed by atoms with Crippen LogP contribution < -0.4 is 11.1 Å². The fourth-order valence-electron chi connectivity index (χ4n) is 1.94. The summed E-state index contributed by atoms with van der Waals surface area (Å²) in [5.41, 5.74) is 7.35. The Labute approximate surface area is 115 Å². The van der Waals surface area contributed by atoms with Crippen molar-refractivity contribution in [3.8, 4) is 0 Å². The highest BCUT2D eigenvalue weighted by Gasteiger charge is 2.09. The SMILES string of the molecule is Cc1cc(C)n(CCCNc2nc(N)c(F)cc2F)n1. The Hall–Kier alpha value is -2.18. The average Bonchev–Trinajstić information content (AvgIpc) is 2.69. The van der Waals surface area contributed by atoms with Crippen LogP contribution in [0.25, 0.3) is 0 Å². The molecule has 2 aromatic rings. The maximum atomic E-state index is 13.4. The number of anilines is 2. The Morgan fingerprint density at radius 3 is 2.65 bits per heavy atom. The number of rotatable bonds is 5. The zero-order valence-electron chi connectivity index (χ0n) is 11.5. The van der Waals surface area contributed by atoms with Crippen molar-refractivity contribution >= 4 is 11.6 Å². The van der Waals surface area contributed by atoms with E-state index in [9.17, 15) is 8.78 Å². The predicted molar refractivity (Wildman–Crippen MR) is 73.4 cm³/mol. The average molecular weight is 281 g/mol. The Morgan fingerprint density at radius 1 is 1.25 bits per heavy atom. The molecule has 0 unspecified atom stereocenters. The lowest BCUT2D eigenvalue weighted by Gasteiger charge is -2.08. The number of hydrogen-bond donors (Lipinski definition) is 2. The molecule has 5 nitrogen and oxygen atoms in total. The number of halogens is 2.